The van der Waals surface area contributed by atoms with E-state index in [0.29, 0.717) is 24.4 Å². The number of sulfonamides is 2. The van der Waals surface area contributed by atoms with Gasteiger partial charge in [0.2, 0.25) is 10.0 Å². The zero-order chi connectivity index (χ0) is 20.4. The summed E-state index contributed by atoms with van der Waals surface area (Å²) < 4.78 is 60.2. The van der Waals surface area contributed by atoms with E-state index >= 15 is 0 Å². The number of methoxy groups -OCH3 is 1. The molecule has 2 aromatic carbocycles. The molecule has 0 aliphatic carbocycles. The van der Waals surface area contributed by atoms with Gasteiger partial charge in [-0.1, -0.05) is 12.5 Å². The Morgan fingerprint density at radius 1 is 0.893 bits per heavy atom. The second-order valence-electron chi connectivity index (χ2n) is 6.72. The van der Waals surface area contributed by atoms with Crippen LogP contribution in [0.4, 0.5) is 5.69 Å². The first-order valence-corrected chi connectivity index (χ1v) is 11.9. The number of anilines is 1. The van der Waals surface area contributed by atoms with Crippen molar-refractivity contribution in [1.82, 2.24) is 4.31 Å². The molecule has 0 bridgehead atoms. The highest BCUT2D eigenvalue weighted by Gasteiger charge is 2.27. The fourth-order valence-electron chi connectivity index (χ4n) is 3.08. The van der Waals surface area contributed by atoms with Crippen molar-refractivity contribution in [2.45, 2.75) is 36.0 Å². The Balaban J connectivity index is 1.90. The van der Waals surface area contributed by atoms with Crippen LogP contribution in [0.25, 0.3) is 0 Å². The quantitative estimate of drug-likeness (QED) is 0.770. The minimum absolute atomic E-state index is 0.0667. The predicted octanol–water partition coefficient (Wildman–Crippen LogP) is 2.98. The molecule has 9 heteroatoms. The van der Waals surface area contributed by atoms with Gasteiger partial charge in [0.05, 0.1) is 22.6 Å². The number of hydrogen-bond acceptors (Lipinski definition) is 5. The van der Waals surface area contributed by atoms with Gasteiger partial charge < -0.3 is 4.74 Å². The summed E-state index contributed by atoms with van der Waals surface area (Å²) in [7, 11) is -6.01. The summed E-state index contributed by atoms with van der Waals surface area (Å²) in [5.74, 6) is 0.546. The maximum atomic E-state index is 12.9. The molecule has 3 rings (SSSR count). The molecule has 0 atom stereocenters. The molecule has 28 heavy (non-hydrogen) atoms. The van der Waals surface area contributed by atoms with Gasteiger partial charge in [-0.2, -0.15) is 4.31 Å². The van der Waals surface area contributed by atoms with Gasteiger partial charge in [-0.15, -0.1) is 0 Å². The predicted molar refractivity (Wildman–Crippen MR) is 108 cm³/mol. The summed E-state index contributed by atoms with van der Waals surface area (Å²) in [6.07, 6.45) is 2.69. The Labute approximate surface area is 166 Å². The van der Waals surface area contributed by atoms with Crippen molar-refractivity contribution in [1.29, 1.82) is 0 Å². The number of nitrogens with zero attached hydrogens (tertiary/aromatic N) is 1. The summed E-state index contributed by atoms with van der Waals surface area (Å²) in [5, 5.41) is 0. The topological polar surface area (TPSA) is 92.8 Å². The summed E-state index contributed by atoms with van der Waals surface area (Å²) in [6, 6.07) is 10.5. The van der Waals surface area contributed by atoms with Gasteiger partial charge in [-0.3, -0.25) is 4.72 Å². The molecule has 2 aromatic rings. The molecular formula is C19H24N2O5S2. The van der Waals surface area contributed by atoms with E-state index in [2.05, 4.69) is 4.72 Å². The van der Waals surface area contributed by atoms with Crippen molar-refractivity contribution in [2.24, 2.45) is 0 Å². The Morgan fingerprint density at radius 2 is 1.50 bits per heavy atom. The molecule has 1 N–H and O–H groups in total. The third kappa shape index (κ3) is 4.31. The van der Waals surface area contributed by atoms with Crippen LogP contribution in [-0.2, 0) is 20.0 Å². The van der Waals surface area contributed by atoms with E-state index in [9.17, 15) is 16.8 Å². The Hall–Kier alpha value is -2.10. The number of piperidine rings is 1. The van der Waals surface area contributed by atoms with Gasteiger partial charge >= 0.3 is 0 Å². The largest absolute Gasteiger partial charge is 0.497 e. The van der Waals surface area contributed by atoms with Gasteiger partial charge in [-0.25, -0.2) is 16.8 Å². The van der Waals surface area contributed by atoms with Gasteiger partial charge in [0.1, 0.15) is 5.75 Å². The second kappa shape index (κ2) is 8.10. The number of benzene rings is 2. The number of ether oxygens (including phenoxy) is 1. The Bertz CT molecular complexity index is 1040. The summed E-state index contributed by atoms with van der Waals surface area (Å²) in [5.41, 5.74) is 0.878. The van der Waals surface area contributed by atoms with Gasteiger partial charge in [0.15, 0.2) is 0 Å². The monoisotopic (exact) mass is 424 g/mol. The normalized spacial score (nSPS) is 15.9. The summed E-state index contributed by atoms with van der Waals surface area (Å²) in [4.78, 5) is 0.157. The first kappa shape index (κ1) is 20.6. The molecule has 0 amide bonds. The van der Waals surface area contributed by atoms with E-state index in [1.165, 1.54) is 35.7 Å². The van der Waals surface area contributed by atoms with Crippen molar-refractivity contribution < 1.29 is 21.6 Å². The van der Waals surface area contributed by atoms with Crippen LogP contribution < -0.4 is 9.46 Å². The van der Waals surface area contributed by atoms with Crippen molar-refractivity contribution in [2.75, 3.05) is 24.9 Å². The van der Waals surface area contributed by atoms with E-state index in [1.807, 2.05) is 0 Å². The van der Waals surface area contributed by atoms with Crippen LogP contribution in [0, 0.1) is 6.92 Å². The van der Waals surface area contributed by atoms with Crippen molar-refractivity contribution in [3.8, 4) is 5.75 Å². The second-order valence-corrected chi connectivity index (χ2v) is 10.3. The van der Waals surface area contributed by atoms with Crippen molar-refractivity contribution in [3.05, 3.63) is 48.0 Å². The lowest BCUT2D eigenvalue weighted by Crippen LogP contribution is -2.35. The third-order valence-corrected chi connectivity index (χ3v) is 8.05. The van der Waals surface area contributed by atoms with Crippen LogP contribution in [-0.4, -0.2) is 41.3 Å². The molecule has 1 aliphatic rings. The highest BCUT2D eigenvalue weighted by Crippen LogP contribution is 2.27. The van der Waals surface area contributed by atoms with E-state index in [1.54, 1.807) is 25.1 Å². The van der Waals surface area contributed by atoms with E-state index in [4.69, 9.17) is 4.74 Å². The molecule has 0 unspecified atom stereocenters. The number of nitrogens with one attached hydrogen (secondary N) is 1. The summed E-state index contributed by atoms with van der Waals surface area (Å²) in [6.45, 7) is 2.70. The molecular weight excluding hydrogens is 400 g/mol. The van der Waals surface area contributed by atoms with Gasteiger partial charge in [0, 0.05) is 13.1 Å². The van der Waals surface area contributed by atoms with Crippen LogP contribution >= 0.6 is 0 Å². The number of rotatable bonds is 6. The number of hydrogen-bond donors (Lipinski definition) is 1. The summed E-state index contributed by atoms with van der Waals surface area (Å²) >= 11 is 0. The first-order chi connectivity index (χ1) is 13.2. The Kier molecular flexibility index (Phi) is 5.97. The zero-order valence-corrected chi connectivity index (χ0v) is 17.5. The lowest BCUT2D eigenvalue weighted by atomic mass is 10.2. The number of aryl methyl sites for hydroxylation is 1. The molecule has 1 heterocycles. The minimum Gasteiger partial charge on any atom is -0.497 e. The molecule has 1 aliphatic heterocycles. The Morgan fingerprint density at radius 3 is 2.11 bits per heavy atom. The van der Waals surface area contributed by atoms with Crippen LogP contribution in [0.1, 0.15) is 24.8 Å². The molecule has 0 aromatic heterocycles. The maximum absolute atomic E-state index is 12.9. The fraction of sp³-hybridized carbons (Fsp3) is 0.368. The van der Waals surface area contributed by atoms with Crippen molar-refractivity contribution >= 4 is 25.7 Å². The highest BCUT2D eigenvalue weighted by molar-refractivity contribution is 7.92. The van der Waals surface area contributed by atoms with Crippen LogP contribution in [0.2, 0.25) is 0 Å². The SMILES string of the molecule is COc1ccc(S(=O)(=O)Nc2cc(S(=O)(=O)N3CCCCC3)ccc2C)cc1. The molecule has 1 fully saturated rings. The average Bonchev–Trinajstić information content (AvgIpc) is 2.70. The maximum Gasteiger partial charge on any atom is 0.261 e. The van der Waals surface area contributed by atoms with E-state index in [0.717, 1.165) is 19.3 Å². The minimum atomic E-state index is -3.86. The standard InChI is InChI=1S/C19H24N2O5S2/c1-15-6-9-18(28(24,25)21-12-4-3-5-13-21)14-19(15)20-27(22,23)17-10-7-16(26-2)8-11-17/h6-11,14,20H,3-5,12-13H2,1-2H3. The van der Waals surface area contributed by atoms with Crippen LogP contribution in [0.5, 0.6) is 5.75 Å². The van der Waals surface area contributed by atoms with Gasteiger partial charge in [-0.05, 0) is 61.7 Å². The molecule has 0 spiro atoms. The lowest BCUT2D eigenvalue weighted by molar-refractivity contribution is 0.346. The first-order valence-electron chi connectivity index (χ1n) is 9.02. The third-order valence-electron chi connectivity index (χ3n) is 4.78. The van der Waals surface area contributed by atoms with E-state index < -0.39 is 20.0 Å². The lowest BCUT2D eigenvalue weighted by Gasteiger charge is -2.26. The average molecular weight is 425 g/mol. The van der Waals surface area contributed by atoms with Gasteiger partial charge in [0.25, 0.3) is 10.0 Å². The fourth-order valence-corrected chi connectivity index (χ4v) is 5.75. The smallest absolute Gasteiger partial charge is 0.261 e. The molecule has 7 nitrogen and oxygen atoms in total. The van der Waals surface area contributed by atoms with Crippen LogP contribution in [0.3, 0.4) is 0 Å². The highest BCUT2D eigenvalue weighted by atomic mass is 32.2. The molecule has 152 valence electrons. The van der Waals surface area contributed by atoms with Crippen LogP contribution in [0.15, 0.2) is 52.3 Å². The zero-order valence-electron chi connectivity index (χ0n) is 15.9. The van der Waals surface area contributed by atoms with Crippen molar-refractivity contribution in [3.63, 3.8) is 0 Å². The molecule has 0 radical (unpaired) electrons. The molecule has 1 saturated heterocycles. The molecule has 0 saturated carbocycles. The van der Waals surface area contributed by atoms with E-state index in [-0.39, 0.29) is 15.5 Å².